The fourth-order valence-electron chi connectivity index (χ4n) is 3.18. The van der Waals surface area contributed by atoms with E-state index in [2.05, 4.69) is 26.6 Å². The fourth-order valence-corrected chi connectivity index (χ4v) is 3.18. The van der Waals surface area contributed by atoms with Crippen LogP contribution in [0, 0.1) is 10.8 Å². The Morgan fingerprint density at radius 2 is 1.27 bits per heavy atom. The van der Waals surface area contributed by atoms with E-state index >= 15 is 0 Å². The predicted octanol–water partition coefficient (Wildman–Crippen LogP) is -3.47. The smallest absolute Gasteiger partial charge is 0.326 e. The monoisotopic (exact) mass is 529 g/mol. The first-order chi connectivity index (χ1) is 17.4. The molecule has 0 unspecified atom stereocenters. The summed E-state index contributed by atoms with van der Waals surface area (Å²) in [6, 6.07) is -4.14. The van der Waals surface area contributed by atoms with Crippen molar-refractivity contribution in [1.29, 1.82) is 10.8 Å². The maximum Gasteiger partial charge on any atom is 0.326 e. The van der Waals surface area contributed by atoms with Crippen LogP contribution in [0.1, 0.15) is 51.9 Å². The van der Waals surface area contributed by atoms with Gasteiger partial charge in [-0.25, -0.2) is 4.79 Å². The lowest BCUT2D eigenvalue weighted by molar-refractivity contribution is -0.142. The number of guanidine groups is 2. The molecule has 3 amide bonds. The van der Waals surface area contributed by atoms with E-state index < -0.39 is 47.9 Å². The van der Waals surface area contributed by atoms with Gasteiger partial charge in [-0.15, -0.1) is 0 Å². The number of nitrogens with one attached hydrogen (secondary N) is 7. The second-order valence-electron chi connectivity index (χ2n) is 8.55. The summed E-state index contributed by atoms with van der Waals surface area (Å²) in [5.41, 5.74) is 21.7. The number of unbranched alkanes of at least 4 members (excludes halogenated alkanes) is 1. The number of carboxylic acid groups (broad SMARTS) is 1. The fraction of sp³-hybridized carbons (Fsp3) is 0.714. The van der Waals surface area contributed by atoms with E-state index in [9.17, 15) is 24.3 Å². The van der Waals surface area contributed by atoms with Gasteiger partial charge in [0.2, 0.25) is 17.7 Å². The summed E-state index contributed by atoms with van der Waals surface area (Å²) in [5.74, 6) is -3.54. The van der Waals surface area contributed by atoms with Crippen LogP contribution in [0.2, 0.25) is 0 Å². The number of amides is 3. The van der Waals surface area contributed by atoms with Gasteiger partial charge in [-0.2, -0.15) is 0 Å². The molecule has 212 valence electrons. The molecule has 0 aliphatic rings. The van der Waals surface area contributed by atoms with Gasteiger partial charge in [0.15, 0.2) is 11.9 Å². The Labute approximate surface area is 216 Å². The molecule has 0 aliphatic carbocycles. The SMILES string of the molecule is C[C@H](NC(=O)[C@@H](N)CCCNC(=N)N)C(=O)N[C@@H](CCCCN)C(=O)N[C@@H](CCCNC(=N)N)C(=O)O. The minimum absolute atomic E-state index is 0.0805. The zero-order valence-corrected chi connectivity index (χ0v) is 21.3. The van der Waals surface area contributed by atoms with E-state index in [0.717, 1.165) is 0 Å². The third-order valence-electron chi connectivity index (χ3n) is 5.28. The first kappa shape index (κ1) is 33.3. The highest BCUT2D eigenvalue weighted by Crippen LogP contribution is 2.05. The van der Waals surface area contributed by atoms with Crippen LogP contribution in [0.25, 0.3) is 0 Å². The van der Waals surface area contributed by atoms with Crippen LogP contribution in [-0.4, -0.2) is 84.5 Å². The molecule has 0 radical (unpaired) electrons. The molecule has 0 saturated carbocycles. The van der Waals surface area contributed by atoms with Crippen molar-refractivity contribution in [3.8, 4) is 0 Å². The van der Waals surface area contributed by atoms with E-state index in [-0.39, 0.29) is 31.3 Å². The lowest BCUT2D eigenvalue weighted by atomic mass is 10.1. The molecular weight excluding hydrogens is 486 g/mol. The zero-order valence-electron chi connectivity index (χ0n) is 21.3. The summed E-state index contributed by atoms with van der Waals surface area (Å²) in [6.07, 6.45) is 2.51. The third-order valence-corrected chi connectivity index (χ3v) is 5.28. The number of hydrogen-bond acceptors (Lipinski definition) is 8. The van der Waals surface area contributed by atoms with Crippen LogP contribution in [0.4, 0.5) is 0 Å². The molecule has 37 heavy (non-hydrogen) atoms. The first-order valence-corrected chi connectivity index (χ1v) is 12.1. The molecule has 0 rings (SSSR count). The van der Waals surface area contributed by atoms with Gasteiger partial charge >= 0.3 is 5.97 Å². The third kappa shape index (κ3) is 15.8. The summed E-state index contributed by atoms with van der Waals surface area (Å²) in [6.45, 7) is 2.46. The van der Waals surface area contributed by atoms with Gasteiger partial charge in [0, 0.05) is 13.1 Å². The number of carboxylic acids is 1. The van der Waals surface area contributed by atoms with E-state index in [1.807, 2.05) is 0 Å². The Kier molecular flexibility index (Phi) is 16.7. The Morgan fingerprint density at radius 3 is 1.78 bits per heavy atom. The first-order valence-electron chi connectivity index (χ1n) is 12.1. The maximum atomic E-state index is 12.8. The molecular formula is C21H43N11O5. The zero-order chi connectivity index (χ0) is 28.4. The van der Waals surface area contributed by atoms with Gasteiger partial charge in [-0.05, 0) is 58.4 Å². The number of nitrogens with two attached hydrogens (primary N) is 4. The van der Waals surface area contributed by atoms with Crippen LogP contribution in [-0.2, 0) is 19.2 Å². The van der Waals surface area contributed by atoms with Crippen molar-refractivity contribution in [2.45, 2.75) is 76.0 Å². The molecule has 0 spiro atoms. The van der Waals surface area contributed by atoms with Crippen LogP contribution in [0.5, 0.6) is 0 Å². The average molecular weight is 530 g/mol. The second-order valence-corrected chi connectivity index (χ2v) is 8.55. The Balaban J connectivity index is 4.99. The van der Waals surface area contributed by atoms with Gasteiger partial charge in [0.05, 0.1) is 6.04 Å². The van der Waals surface area contributed by atoms with E-state index in [1.54, 1.807) is 0 Å². The molecule has 0 aromatic heterocycles. The molecule has 16 nitrogen and oxygen atoms in total. The van der Waals surface area contributed by atoms with Gasteiger partial charge in [-0.3, -0.25) is 25.2 Å². The molecule has 0 heterocycles. The molecule has 0 bridgehead atoms. The number of hydrogen-bond donors (Lipinski definition) is 12. The highest BCUT2D eigenvalue weighted by molar-refractivity contribution is 5.93. The largest absolute Gasteiger partial charge is 0.480 e. The quantitative estimate of drug-likeness (QED) is 0.0443. The van der Waals surface area contributed by atoms with E-state index in [0.29, 0.717) is 45.2 Å². The molecule has 0 saturated heterocycles. The van der Waals surface area contributed by atoms with Crippen molar-refractivity contribution in [2.75, 3.05) is 19.6 Å². The number of carbonyl (C=O) groups excluding carboxylic acids is 3. The number of rotatable bonds is 19. The van der Waals surface area contributed by atoms with Gasteiger partial charge in [-0.1, -0.05) is 0 Å². The van der Waals surface area contributed by atoms with E-state index in [4.69, 9.17) is 33.8 Å². The Bertz CT molecular complexity index is 780. The number of aliphatic carboxylic acids is 1. The average Bonchev–Trinajstić information content (AvgIpc) is 2.82. The molecule has 16 heteroatoms. The van der Waals surface area contributed by atoms with E-state index in [1.165, 1.54) is 6.92 Å². The minimum Gasteiger partial charge on any atom is -0.480 e. The van der Waals surface area contributed by atoms with Gasteiger partial charge in [0.25, 0.3) is 0 Å². The Morgan fingerprint density at radius 1 is 0.757 bits per heavy atom. The van der Waals surface area contributed by atoms with Gasteiger partial charge < -0.3 is 54.6 Å². The summed E-state index contributed by atoms with van der Waals surface area (Å²) < 4.78 is 0. The molecule has 4 atom stereocenters. The van der Waals surface area contributed by atoms with Crippen molar-refractivity contribution in [3.05, 3.63) is 0 Å². The molecule has 0 aromatic carbocycles. The normalized spacial score (nSPS) is 13.8. The Hall–Kier alpha value is -3.66. The van der Waals surface area contributed by atoms with Crippen LogP contribution in [0.3, 0.4) is 0 Å². The minimum atomic E-state index is -1.24. The highest BCUT2D eigenvalue weighted by atomic mass is 16.4. The van der Waals surface area contributed by atoms with Crippen LogP contribution in [0.15, 0.2) is 0 Å². The van der Waals surface area contributed by atoms with Crippen LogP contribution >= 0.6 is 0 Å². The molecule has 0 aliphatic heterocycles. The summed E-state index contributed by atoms with van der Waals surface area (Å²) >= 11 is 0. The number of carbonyl (C=O) groups is 4. The van der Waals surface area contributed by atoms with Crippen molar-refractivity contribution in [2.24, 2.45) is 22.9 Å². The topological polar surface area (TPSA) is 300 Å². The van der Waals surface area contributed by atoms with Crippen molar-refractivity contribution >= 4 is 35.6 Å². The van der Waals surface area contributed by atoms with Crippen molar-refractivity contribution in [3.63, 3.8) is 0 Å². The highest BCUT2D eigenvalue weighted by Gasteiger charge is 2.28. The molecule has 0 aromatic rings. The maximum absolute atomic E-state index is 12.8. The standard InChI is InChI=1S/C21H43N11O5/c1-12(30-17(34)13(23)6-4-10-28-20(24)25)16(33)31-14(7-2-3-9-22)18(35)32-15(19(36)37)8-5-11-29-21(26)27/h12-15H,2-11,22-23H2,1H3,(H,30,34)(H,31,33)(H,32,35)(H,36,37)(H4,24,25,28)(H4,26,27,29)/t12-,13-,14-,15-/m0/s1. The molecule has 0 fully saturated rings. The summed E-state index contributed by atoms with van der Waals surface area (Å²) in [7, 11) is 0. The van der Waals surface area contributed by atoms with Crippen molar-refractivity contribution < 1.29 is 24.3 Å². The predicted molar refractivity (Wildman–Crippen MR) is 138 cm³/mol. The summed E-state index contributed by atoms with van der Waals surface area (Å²) in [5, 5.41) is 36.3. The van der Waals surface area contributed by atoms with Crippen molar-refractivity contribution in [1.82, 2.24) is 26.6 Å². The molecule has 16 N–H and O–H groups in total. The lowest BCUT2D eigenvalue weighted by Crippen LogP contribution is -2.56. The second kappa shape index (κ2) is 18.6. The van der Waals surface area contributed by atoms with Crippen LogP contribution < -0.4 is 49.5 Å². The summed E-state index contributed by atoms with van der Waals surface area (Å²) in [4.78, 5) is 49.5. The van der Waals surface area contributed by atoms with Gasteiger partial charge in [0.1, 0.15) is 18.1 Å². The lowest BCUT2D eigenvalue weighted by Gasteiger charge is -2.24.